The van der Waals surface area contributed by atoms with Crippen LogP contribution in [0.1, 0.15) is 16.2 Å². The van der Waals surface area contributed by atoms with E-state index in [1.807, 2.05) is 18.2 Å². The van der Waals surface area contributed by atoms with Gasteiger partial charge in [-0.25, -0.2) is 9.67 Å². The molecule has 0 aliphatic carbocycles. The van der Waals surface area contributed by atoms with E-state index in [-0.39, 0.29) is 5.91 Å². The molecule has 0 fully saturated rings. The number of hydrogen-bond donors (Lipinski definition) is 1. The highest BCUT2D eigenvalue weighted by molar-refractivity contribution is 9.10. The van der Waals surface area contributed by atoms with Crippen LogP contribution in [0.5, 0.6) is 0 Å². The summed E-state index contributed by atoms with van der Waals surface area (Å²) in [5, 5.41) is 10.8. The van der Waals surface area contributed by atoms with Gasteiger partial charge in [0.2, 0.25) is 0 Å². The van der Waals surface area contributed by atoms with Gasteiger partial charge in [-0.1, -0.05) is 21.1 Å². The summed E-state index contributed by atoms with van der Waals surface area (Å²) < 4.78 is 7.56. The van der Waals surface area contributed by atoms with Gasteiger partial charge >= 0.3 is 0 Å². The van der Waals surface area contributed by atoms with Crippen LogP contribution in [0.25, 0.3) is 17.1 Å². The molecule has 0 aliphatic heterocycles. The third-order valence-electron chi connectivity index (χ3n) is 3.79. The number of aromatic nitrogens is 5. The topological polar surface area (TPSA) is 98.7 Å². The molecule has 134 valence electrons. The molecule has 2 aromatic carbocycles. The monoisotopic (exact) mass is 424 g/mol. The molecule has 0 atom stereocenters. The van der Waals surface area contributed by atoms with Gasteiger partial charge in [-0.3, -0.25) is 4.79 Å². The lowest BCUT2D eigenvalue weighted by Gasteiger charge is -2.11. The van der Waals surface area contributed by atoms with E-state index >= 15 is 0 Å². The van der Waals surface area contributed by atoms with Crippen molar-refractivity contribution in [3.63, 3.8) is 0 Å². The van der Waals surface area contributed by atoms with E-state index in [0.29, 0.717) is 28.7 Å². The summed E-state index contributed by atoms with van der Waals surface area (Å²) in [5.41, 5.74) is 2.57. The largest absolute Gasteiger partial charge is 0.334 e. The number of aryl methyl sites for hydroxylation is 1. The van der Waals surface area contributed by atoms with Gasteiger partial charge in [0, 0.05) is 15.6 Å². The molecule has 1 amide bonds. The molecular weight excluding hydrogens is 412 g/mol. The van der Waals surface area contributed by atoms with Crippen LogP contribution in [-0.2, 0) is 0 Å². The average Bonchev–Trinajstić information content (AvgIpc) is 3.34. The molecule has 27 heavy (non-hydrogen) atoms. The Hall–Kier alpha value is -3.33. The van der Waals surface area contributed by atoms with E-state index in [1.54, 1.807) is 42.2 Å². The molecule has 1 N–H and O–H groups in total. The Balaban J connectivity index is 1.58. The minimum atomic E-state index is -0.247. The summed E-state index contributed by atoms with van der Waals surface area (Å²) in [6.07, 6.45) is 3.01. The van der Waals surface area contributed by atoms with Crippen molar-refractivity contribution in [2.45, 2.75) is 6.92 Å². The Bertz CT molecular complexity index is 1090. The van der Waals surface area contributed by atoms with Gasteiger partial charge in [0.25, 0.3) is 11.8 Å². The van der Waals surface area contributed by atoms with Crippen LogP contribution in [0.3, 0.4) is 0 Å². The molecule has 0 aliphatic rings. The maximum absolute atomic E-state index is 12.7. The zero-order valence-electron chi connectivity index (χ0n) is 14.1. The second-order valence-electron chi connectivity index (χ2n) is 5.68. The number of anilines is 1. The molecular formula is C18H13BrN6O2. The zero-order chi connectivity index (χ0) is 18.8. The van der Waals surface area contributed by atoms with Crippen LogP contribution < -0.4 is 5.32 Å². The minimum Gasteiger partial charge on any atom is -0.334 e. The van der Waals surface area contributed by atoms with Gasteiger partial charge in [-0.2, -0.15) is 10.1 Å². The third kappa shape index (κ3) is 3.63. The van der Waals surface area contributed by atoms with Crippen molar-refractivity contribution in [3.8, 4) is 17.1 Å². The SMILES string of the molecule is Cc1noc(-c2ccc(C(=O)Nc3cc(Br)ccc3-n3cncn3)cc2)n1. The zero-order valence-corrected chi connectivity index (χ0v) is 15.7. The molecule has 0 unspecified atom stereocenters. The molecule has 8 nitrogen and oxygen atoms in total. The van der Waals surface area contributed by atoms with Crippen LogP contribution in [0, 0.1) is 6.92 Å². The van der Waals surface area contributed by atoms with Gasteiger partial charge < -0.3 is 9.84 Å². The second-order valence-corrected chi connectivity index (χ2v) is 6.60. The van der Waals surface area contributed by atoms with Crippen molar-refractivity contribution in [3.05, 3.63) is 71.0 Å². The van der Waals surface area contributed by atoms with E-state index < -0.39 is 0 Å². The molecule has 2 heterocycles. The fourth-order valence-corrected chi connectivity index (χ4v) is 2.87. The molecule has 0 spiro atoms. The summed E-state index contributed by atoms with van der Waals surface area (Å²) >= 11 is 3.42. The minimum absolute atomic E-state index is 0.247. The molecule has 0 bridgehead atoms. The number of carbonyl (C=O) groups excluding carboxylic acids is 1. The smallest absolute Gasteiger partial charge is 0.257 e. The Morgan fingerprint density at radius 3 is 2.67 bits per heavy atom. The summed E-state index contributed by atoms with van der Waals surface area (Å²) in [6.45, 7) is 1.75. The van der Waals surface area contributed by atoms with Gasteiger partial charge in [0.15, 0.2) is 5.82 Å². The van der Waals surface area contributed by atoms with E-state index in [2.05, 4.69) is 41.5 Å². The number of halogens is 1. The first-order valence-corrected chi connectivity index (χ1v) is 8.76. The Morgan fingerprint density at radius 1 is 1.19 bits per heavy atom. The van der Waals surface area contributed by atoms with Crippen LogP contribution in [0.4, 0.5) is 5.69 Å². The van der Waals surface area contributed by atoms with E-state index in [0.717, 1.165) is 10.0 Å². The normalized spacial score (nSPS) is 10.7. The standard InChI is InChI=1S/C18H13BrN6O2/c1-11-22-18(27-24-11)13-4-2-12(3-5-13)17(26)23-15-8-14(19)6-7-16(15)25-10-20-9-21-25/h2-10H,1H3,(H,23,26). The summed E-state index contributed by atoms with van der Waals surface area (Å²) in [7, 11) is 0. The second kappa shape index (κ2) is 7.12. The maximum atomic E-state index is 12.7. The summed E-state index contributed by atoms with van der Waals surface area (Å²) in [4.78, 5) is 20.8. The van der Waals surface area contributed by atoms with E-state index in [4.69, 9.17) is 4.52 Å². The number of benzene rings is 2. The van der Waals surface area contributed by atoms with Crippen LogP contribution in [-0.4, -0.2) is 30.8 Å². The molecule has 0 radical (unpaired) electrons. The number of carbonyl (C=O) groups is 1. The average molecular weight is 425 g/mol. The fourth-order valence-electron chi connectivity index (χ4n) is 2.51. The first kappa shape index (κ1) is 17.1. The van der Waals surface area contributed by atoms with Crippen molar-refractivity contribution in [1.29, 1.82) is 0 Å². The molecule has 4 rings (SSSR count). The van der Waals surface area contributed by atoms with Gasteiger partial charge in [-0.15, -0.1) is 0 Å². The lowest BCUT2D eigenvalue weighted by Crippen LogP contribution is -2.14. The molecule has 2 aromatic heterocycles. The lowest BCUT2D eigenvalue weighted by molar-refractivity contribution is 0.102. The van der Waals surface area contributed by atoms with Gasteiger partial charge in [0.1, 0.15) is 12.7 Å². The molecule has 0 saturated carbocycles. The number of nitrogens with zero attached hydrogens (tertiary/aromatic N) is 5. The fraction of sp³-hybridized carbons (Fsp3) is 0.0556. The predicted octanol–water partition coefficient (Wildman–Crippen LogP) is 3.64. The van der Waals surface area contributed by atoms with Crippen LogP contribution in [0.2, 0.25) is 0 Å². The van der Waals surface area contributed by atoms with E-state index in [1.165, 1.54) is 6.33 Å². The number of amides is 1. The lowest BCUT2D eigenvalue weighted by atomic mass is 10.1. The number of nitrogens with one attached hydrogen (secondary N) is 1. The summed E-state index contributed by atoms with van der Waals surface area (Å²) in [5.74, 6) is 0.727. The quantitative estimate of drug-likeness (QED) is 0.536. The van der Waals surface area contributed by atoms with Crippen molar-refractivity contribution in [2.75, 3.05) is 5.32 Å². The molecule has 0 saturated heterocycles. The third-order valence-corrected chi connectivity index (χ3v) is 4.29. The maximum Gasteiger partial charge on any atom is 0.257 e. The Kier molecular flexibility index (Phi) is 4.51. The highest BCUT2D eigenvalue weighted by Gasteiger charge is 2.13. The van der Waals surface area contributed by atoms with Crippen molar-refractivity contribution in [2.24, 2.45) is 0 Å². The first-order valence-electron chi connectivity index (χ1n) is 7.97. The number of rotatable bonds is 4. The Morgan fingerprint density at radius 2 is 2.00 bits per heavy atom. The van der Waals surface area contributed by atoms with Gasteiger partial charge in [-0.05, 0) is 49.4 Å². The van der Waals surface area contributed by atoms with Crippen molar-refractivity contribution in [1.82, 2.24) is 24.9 Å². The highest BCUT2D eigenvalue weighted by atomic mass is 79.9. The first-order chi connectivity index (χ1) is 13.1. The van der Waals surface area contributed by atoms with E-state index in [9.17, 15) is 4.79 Å². The van der Waals surface area contributed by atoms with Crippen molar-refractivity contribution >= 4 is 27.5 Å². The molecule has 4 aromatic rings. The predicted molar refractivity (Wildman–Crippen MR) is 101 cm³/mol. The Labute approximate surface area is 162 Å². The highest BCUT2D eigenvalue weighted by Crippen LogP contribution is 2.25. The van der Waals surface area contributed by atoms with Crippen LogP contribution >= 0.6 is 15.9 Å². The molecule has 9 heteroatoms. The van der Waals surface area contributed by atoms with Gasteiger partial charge in [0.05, 0.1) is 11.4 Å². The number of hydrogen-bond acceptors (Lipinski definition) is 6. The van der Waals surface area contributed by atoms with Crippen molar-refractivity contribution < 1.29 is 9.32 Å². The summed E-state index contributed by atoms with van der Waals surface area (Å²) in [6, 6.07) is 12.5. The van der Waals surface area contributed by atoms with Crippen LogP contribution in [0.15, 0.2) is 64.1 Å².